The van der Waals surface area contributed by atoms with Crippen molar-refractivity contribution in [1.29, 1.82) is 0 Å². The van der Waals surface area contributed by atoms with E-state index in [0.717, 1.165) is 35.2 Å². The molecule has 0 aliphatic heterocycles. The van der Waals surface area contributed by atoms with E-state index >= 15 is 0 Å². The number of fused-ring (bicyclic) bond motifs is 1. The first-order chi connectivity index (χ1) is 14.1. The molecule has 2 aromatic carbocycles. The van der Waals surface area contributed by atoms with E-state index in [2.05, 4.69) is 15.6 Å². The number of nitrogens with one attached hydrogen (secondary N) is 1. The summed E-state index contributed by atoms with van der Waals surface area (Å²) in [7, 11) is 1.64. The van der Waals surface area contributed by atoms with E-state index in [1.54, 1.807) is 11.8 Å². The van der Waals surface area contributed by atoms with Crippen LogP contribution in [0.2, 0.25) is 0 Å². The maximum Gasteiger partial charge on any atom is 0.242 e. The number of rotatable bonds is 7. The summed E-state index contributed by atoms with van der Waals surface area (Å²) in [5, 5.41) is 11.2. The molecule has 1 atom stereocenters. The summed E-state index contributed by atoms with van der Waals surface area (Å²) in [4.78, 5) is 12.5. The molecule has 4 rings (SSSR count). The smallest absolute Gasteiger partial charge is 0.242 e. The lowest BCUT2D eigenvalue weighted by Crippen LogP contribution is -2.30. The van der Waals surface area contributed by atoms with Crippen molar-refractivity contribution in [2.75, 3.05) is 7.11 Å². The second kappa shape index (κ2) is 8.51. The van der Waals surface area contributed by atoms with Gasteiger partial charge in [0, 0.05) is 0 Å². The first kappa shape index (κ1) is 19.2. The zero-order chi connectivity index (χ0) is 20.2. The van der Waals surface area contributed by atoms with Gasteiger partial charge in [-0.2, -0.15) is 0 Å². The Labute approximate surface area is 170 Å². The molecule has 1 amide bonds. The van der Waals surface area contributed by atoms with Gasteiger partial charge in [-0.05, 0) is 62.4 Å². The highest BCUT2D eigenvalue weighted by atomic mass is 16.5. The van der Waals surface area contributed by atoms with Gasteiger partial charge in [0.2, 0.25) is 5.91 Å². The normalized spacial score (nSPS) is 15.4. The lowest BCUT2D eigenvalue weighted by molar-refractivity contribution is -0.122. The van der Waals surface area contributed by atoms with Crippen molar-refractivity contribution in [1.82, 2.24) is 20.3 Å². The molecule has 152 valence electrons. The van der Waals surface area contributed by atoms with E-state index in [-0.39, 0.29) is 24.6 Å². The molecule has 1 heterocycles. The van der Waals surface area contributed by atoms with Gasteiger partial charge in [0.1, 0.15) is 12.1 Å². The summed E-state index contributed by atoms with van der Waals surface area (Å²) >= 11 is 0. The Morgan fingerprint density at radius 3 is 2.79 bits per heavy atom. The number of nitrogens with zero attached hydrogens (tertiary/aromatic N) is 3. The van der Waals surface area contributed by atoms with Crippen LogP contribution in [0.4, 0.5) is 0 Å². The van der Waals surface area contributed by atoms with Crippen molar-refractivity contribution in [2.24, 2.45) is 0 Å². The largest absolute Gasteiger partial charge is 0.493 e. The number of carbonyl (C=O) groups excluding carboxylic acids is 1. The van der Waals surface area contributed by atoms with Crippen LogP contribution in [0.15, 0.2) is 42.5 Å². The molecule has 7 heteroatoms. The zero-order valence-electron chi connectivity index (χ0n) is 16.8. The van der Waals surface area contributed by atoms with E-state index in [9.17, 15) is 4.79 Å². The van der Waals surface area contributed by atoms with E-state index in [0.29, 0.717) is 5.75 Å². The molecular formula is C22H26N4O3. The third-order valence-corrected chi connectivity index (χ3v) is 5.37. The van der Waals surface area contributed by atoms with Crippen molar-refractivity contribution < 1.29 is 14.3 Å². The predicted octanol–water partition coefficient (Wildman–Crippen LogP) is 3.64. The van der Waals surface area contributed by atoms with Crippen molar-refractivity contribution in [2.45, 2.75) is 51.3 Å². The monoisotopic (exact) mass is 394 g/mol. The second-order valence-electron chi connectivity index (χ2n) is 7.46. The van der Waals surface area contributed by atoms with Crippen molar-refractivity contribution in [3.8, 4) is 11.5 Å². The molecule has 0 radical (unpaired) electrons. The van der Waals surface area contributed by atoms with E-state index in [1.165, 1.54) is 12.8 Å². The van der Waals surface area contributed by atoms with Crippen LogP contribution in [0.3, 0.4) is 0 Å². The highest BCUT2D eigenvalue weighted by molar-refractivity contribution is 5.80. The number of methoxy groups -OCH3 is 1. The third-order valence-electron chi connectivity index (χ3n) is 5.37. The molecule has 1 N–H and O–H groups in total. The van der Waals surface area contributed by atoms with Crippen LogP contribution in [0.5, 0.6) is 11.5 Å². The molecular weight excluding hydrogens is 368 g/mol. The zero-order valence-corrected chi connectivity index (χ0v) is 16.8. The Hall–Kier alpha value is -3.09. The van der Waals surface area contributed by atoms with Crippen molar-refractivity contribution in [3.63, 3.8) is 0 Å². The number of ether oxygens (including phenoxy) is 2. The molecule has 1 saturated carbocycles. The summed E-state index contributed by atoms with van der Waals surface area (Å²) in [5.74, 6) is 1.33. The van der Waals surface area contributed by atoms with Gasteiger partial charge in [-0.1, -0.05) is 23.4 Å². The lowest BCUT2D eigenvalue weighted by atomic mass is 10.1. The minimum absolute atomic E-state index is 0.116. The van der Waals surface area contributed by atoms with Crippen LogP contribution >= 0.6 is 0 Å². The van der Waals surface area contributed by atoms with Crippen LogP contribution in [0.25, 0.3) is 11.0 Å². The van der Waals surface area contributed by atoms with Gasteiger partial charge in [-0.3, -0.25) is 4.79 Å². The number of hydrogen-bond acceptors (Lipinski definition) is 5. The molecule has 7 nitrogen and oxygen atoms in total. The molecule has 29 heavy (non-hydrogen) atoms. The average Bonchev–Trinajstić information content (AvgIpc) is 3.38. The van der Waals surface area contributed by atoms with Gasteiger partial charge in [0.15, 0.2) is 11.5 Å². The third kappa shape index (κ3) is 4.34. The number of hydrogen-bond donors (Lipinski definition) is 1. The lowest BCUT2D eigenvalue weighted by Gasteiger charge is -2.19. The molecule has 3 aromatic rings. The Bertz CT molecular complexity index is 995. The first-order valence-corrected chi connectivity index (χ1v) is 10.1. The minimum atomic E-state index is -0.174. The fourth-order valence-corrected chi connectivity index (χ4v) is 3.78. The second-order valence-corrected chi connectivity index (χ2v) is 7.46. The highest BCUT2D eigenvalue weighted by Crippen LogP contribution is 2.33. The summed E-state index contributed by atoms with van der Waals surface area (Å²) < 4.78 is 13.2. The predicted molar refractivity (Wildman–Crippen MR) is 110 cm³/mol. The van der Waals surface area contributed by atoms with Crippen LogP contribution in [0.1, 0.15) is 44.2 Å². The van der Waals surface area contributed by atoms with Gasteiger partial charge in [0.05, 0.1) is 24.8 Å². The Kier molecular flexibility index (Phi) is 5.64. The quantitative estimate of drug-likeness (QED) is 0.662. The number of carbonyl (C=O) groups is 1. The van der Waals surface area contributed by atoms with Crippen molar-refractivity contribution in [3.05, 3.63) is 48.0 Å². The van der Waals surface area contributed by atoms with Gasteiger partial charge in [0.25, 0.3) is 0 Å². The summed E-state index contributed by atoms with van der Waals surface area (Å²) in [6.07, 6.45) is 4.89. The maximum atomic E-state index is 12.5. The topological polar surface area (TPSA) is 78.3 Å². The van der Waals surface area contributed by atoms with Crippen LogP contribution in [-0.2, 0) is 11.3 Å². The average molecular weight is 394 g/mol. The Morgan fingerprint density at radius 2 is 2.00 bits per heavy atom. The summed E-state index contributed by atoms with van der Waals surface area (Å²) in [6.45, 7) is 2.06. The van der Waals surface area contributed by atoms with Gasteiger partial charge in [-0.15, -0.1) is 5.10 Å². The molecule has 1 aliphatic carbocycles. The molecule has 1 unspecified atom stereocenters. The standard InChI is InChI=1S/C22H26N4O3/c1-15(23-22(27)14-26-19-10-6-5-9-18(19)24-25-26)16-11-12-20(21(13-16)28-2)29-17-7-3-4-8-17/h5-6,9-13,15,17H,3-4,7-8,14H2,1-2H3,(H,23,27). The maximum absolute atomic E-state index is 12.5. The Balaban J connectivity index is 1.41. The highest BCUT2D eigenvalue weighted by Gasteiger charge is 2.19. The molecule has 0 bridgehead atoms. The number of amides is 1. The molecule has 1 aromatic heterocycles. The fraction of sp³-hybridized carbons (Fsp3) is 0.409. The minimum Gasteiger partial charge on any atom is -0.493 e. The first-order valence-electron chi connectivity index (χ1n) is 10.1. The van der Waals surface area contributed by atoms with Gasteiger partial charge >= 0.3 is 0 Å². The van der Waals surface area contributed by atoms with E-state index < -0.39 is 0 Å². The SMILES string of the molecule is COc1cc(C(C)NC(=O)Cn2nnc3ccccc32)ccc1OC1CCCC1. The Morgan fingerprint density at radius 1 is 1.21 bits per heavy atom. The van der Waals surface area contributed by atoms with Gasteiger partial charge < -0.3 is 14.8 Å². The van der Waals surface area contributed by atoms with Crippen LogP contribution < -0.4 is 14.8 Å². The summed E-state index contributed by atoms with van der Waals surface area (Å²) in [6, 6.07) is 13.2. The molecule has 1 fully saturated rings. The van der Waals surface area contributed by atoms with E-state index in [4.69, 9.17) is 9.47 Å². The van der Waals surface area contributed by atoms with Crippen molar-refractivity contribution >= 4 is 16.9 Å². The number of aromatic nitrogens is 3. The molecule has 1 aliphatic rings. The van der Waals surface area contributed by atoms with Crippen LogP contribution in [0, 0.1) is 0 Å². The fourth-order valence-electron chi connectivity index (χ4n) is 3.78. The van der Waals surface area contributed by atoms with E-state index in [1.807, 2.05) is 49.4 Å². The number of para-hydroxylation sites is 1. The molecule has 0 spiro atoms. The molecule has 0 saturated heterocycles. The number of benzene rings is 2. The van der Waals surface area contributed by atoms with Crippen LogP contribution in [-0.4, -0.2) is 34.1 Å². The summed E-state index contributed by atoms with van der Waals surface area (Å²) in [5.41, 5.74) is 2.57. The van der Waals surface area contributed by atoms with Gasteiger partial charge in [-0.25, -0.2) is 4.68 Å².